The smallest absolute Gasteiger partial charge is 0.165 e. The zero-order chi connectivity index (χ0) is 24.5. The Labute approximate surface area is 220 Å². The number of hydrazone groups is 1. The monoisotopic (exact) mass is 557 g/mol. The molecule has 3 heterocycles. The number of aromatic nitrogens is 2. The van der Waals surface area contributed by atoms with Gasteiger partial charge in [-0.05, 0) is 52.9 Å². The molecule has 0 spiro atoms. The third kappa shape index (κ3) is 4.62. The van der Waals surface area contributed by atoms with Crippen LogP contribution in [0.4, 0.5) is 4.39 Å². The highest BCUT2D eigenvalue weighted by Crippen LogP contribution is 2.30. The van der Waals surface area contributed by atoms with Crippen LogP contribution in [0.1, 0.15) is 16.8 Å². The van der Waals surface area contributed by atoms with Gasteiger partial charge in [-0.2, -0.15) is 5.10 Å². The zero-order valence-corrected chi connectivity index (χ0v) is 21.4. The fourth-order valence-corrected chi connectivity index (χ4v) is 5.39. The van der Waals surface area contributed by atoms with Crippen LogP contribution in [0.3, 0.4) is 0 Å². The zero-order valence-electron chi connectivity index (χ0n) is 19.0. The minimum Gasteiger partial charge on any atom is -0.355 e. The average molecular weight is 558 g/mol. The first-order valence-corrected chi connectivity index (χ1v) is 13.2. The Morgan fingerprint density at radius 3 is 2.67 bits per heavy atom. The van der Waals surface area contributed by atoms with Crippen LogP contribution < -0.4 is 10.7 Å². The molecule has 1 atom stereocenters. The Balaban J connectivity index is 1.21. The lowest BCUT2D eigenvalue weighted by Gasteiger charge is -2.12. The summed E-state index contributed by atoms with van der Waals surface area (Å²) in [5.41, 5.74) is 9.24. The van der Waals surface area contributed by atoms with Crippen molar-refractivity contribution in [3.05, 3.63) is 118 Å². The normalized spacial score (nSPS) is 15.5. The number of benzene rings is 3. The molecule has 1 unspecified atom stereocenters. The van der Waals surface area contributed by atoms with Crippen molar-refractivity contribution < 1.29 is 4.39 Å². The lowest BCUT2D eigenvalue weighted by molar-refractivity contribution is 0.626. The molecule has 0 saturated carbocycles. The topological polar surface area (TPSA) is 54.2 Å². The van der Waals surface area contributed by atoms with E-state index in [2.05, 4.69) is 77.1 Å². The van der Waals surface area contributed by atoms with Crippen LogP contribution in [-0.4, -0.2) is 21.3 Å². The van der Waals surface area contributed by atoms with Gasteiger partial charge in [0.05, 0.1) is 29.3 Å². The molecule has 0 aliphatic carbocycles. The van der Waals surface area contributed by atoms with Gasteiger partial charge in [-0.25, -0.2) is 4.39 Å². The number of nitrogens with one attached hydrogen (secondary N) is 2. The van der Waals surface area contributed by atoms with Crippen molar-refractivity contribution in [1.29, 1.82) is 0 Å². The van der Waals surface area contributed by atoms with Gasteiger partial charge in [0, 0.05) is 27.3 Å². The predicted molar refractivity (Wildman–Crippen MR) is 150 cm³/mol. The highest BCUT2D eigenvalue weighted by atomic mass is 79.9. The lowest BCUT2D eigenvalue weighted by atomic mass is 10.2. The van der Waals surface area contributed by atoms with Crippen LogP contribution >= 0.6 is 27.7 Å². The number of hydrogen-bond donors (Lipinski definition) is 2. The third-order valence-corrected chi connectivity index (χ3v) is 7.48. The van der Waals surface area contributed by atoms with Gasteiger partial charge >= 0.3 is 0 Å². The molecular weight excluding hydrogens is 537 g/mol. The molecular formula is C28H21BrFN5S. The van der Waals surface area contributed by atoms with E-state index < -0.39 is 0 Å². The number of fused-ring (bicyclic) bond motifs is 3. The molecule has 0 amide bonds. The Hall–Kier alpha value is -3.62. The molecule has 8 heteroatoms. The summed E-state index contributed by atoms with van der Waals surface area (Å²) in [4.78, 5) is 4.64. The molecule has 178 valence electrons. The maximum Gasteiger partial charge on any atom is 0.165 e. The Morgan fingerprint density at radius 2 is 1.83 bits per heavy atom. The van der Waals surface area contributed by atoms with Crippen LogP contribution in [0, 0.1) is 5.82 Å². The molecule has 3 aromatic carbocycles. The molecule has 0 bridgehead atoms. The van der Waals surface area contributed by atoms with Gasteiger partial charge in [-0.15, -0.1) is 0 Å². The molecule has 0 radical (unpaired) electrons. The van der Waals surface area contributed by atoms with Gasteiger partial charge in [0.25, 0.3) is 0 Å². The van der Waals surface area contributed by atoms with E-state index >= 15 is 0 Å². The summed E-state index contributed by atoms with van der Waals surface area (Å²) in [5, 5.41) is 12.2. The number of nitrogens with zero attached hydrogens (tertiary/aromatic N) is 3. The molecule has 0 saturated heterocycles. The van der Waals surface area contributed by atoms with Crippen molar-refractivity contribution in [1.82, 2.24) is 20.3 Å². The SMILES string of the molecule is Fc1ccc(Cn2c3ccccc3c3cc(/C=N/NC4NC(c5ccc(Br)cc5)=CS4)ncc32)cc1. The molecule has 0 fully saturated rings. The van der Waals surface area contributed by atoms with Gasteiger partial charge in [-0.3, -0.25) is 10.4 Å². The average Bonchev–Trinajstić information content (AvgIpc) is 3.49. The van der Waals surface area contributed by atoms with Crippen LogP contribution in [0.15, 0.2) is 100 Å². The minimum absolute atomic E-state index is 0.0544. The van der Waals surface area contributed by atoms with Gasteiger partial charge < -0.3 is 9.88 Å². The molecule has 5 aromatic rings. The number of hydrogen-bond acceptors (Lipinski definition) is 5. The van der Waals surface area contributed by atoms with E-state index in [-0.39, 0.29) is 11.3 Å². The minimum atomic E-state index is -0.230. The lowest BCUT2D eigenvalue weighted by Crippen LogP contribution is -2.31. The van der Waals surface area contributed by atoms with Crippen molar-refractivity contribution >= 4 is 61.4 Å². The van der Waals surface area contributed by atoms with E-state index in [1.807, 2.05) is 42.6 Å². The highest BCUT2D eigenvalue weighted by molar-refractivity contribution is 9.10. The first-order chi connectivity index (χ1) is 17.6. The van der Waals surface area contributed by atoms with E-state index in [1.54, 1.807) is 18.0 Å². The molecule has 1 aliphatic rings. The van der Waals surface area contributed by atoms with E-state index in [0.717, 1.165) is 48.8 Å². The van der Waals surface area contributed by atoms with Gasteiger partial charge in [0.15, 0.2) is 5.50 Å². The van der Waals surface area contributed by atoms with Crippen molar-refractivity contribution in [3.63, 3.8) is 0 Å². The molecule has 36 heavy (non-hydrogen) atoms. The van der Waals surface area contributed by atoms with Crippen LogP contribution in [0.5, 0.6) is 0 Å². The second-order valence-corrected chi connectivity index (χ2v) is 10.3. The number of halogens is 2. The fourth-order valence-electron chi connectivity index (χ4n) is 4.33. The molecule has 2 aromatic heterocycles. The molecule has 6 rings (SSSR count). The molecule has 2 N–H and O–H groups in total. The Bertz CT molecular complexity index is 1610. The number of para-hydroxylation sites is 1. The largest absolute Gasteiger partial charge is 0.355 e. The van der Waals surface area contributed by atoms with Crippen LogP contribution in [0.25, 0.3) is 27.5 Å². The summed E-state index contributed by atoms with van der Waals surface area (Å²) in [6.45, 7) is 0.638. The quantitative estimate of drug-likeness (QED) is 0.180. The summed E-state index contributed by atoms with van der Waals surface area (Å²) < 4.78 is 16.7. The van der Waals surface area contributed by atoms with Crippen molar-refractivity contribution in [2.75, 3.05) is 0 Å². The van der Waals surface area contributed by atoms with E-state index in [9.17, 15) is 4.39 Å². The molecule has 5 nitrogen and oxygen atoms in total. The van der Waals surface area contributed by atoms with Crippen LogP contribution in [-0.2, 0) is 6.54 Å². The summed E-state index contributed by atoms with van der Waals surface area (Å²) >= 11 is 5.11. The first-order valence-electron chi connectivity index (χ1n) is 11.4. The number of rotatable bonds is 6. The maximum atomic E-state index is 13.4. The third-order valence-electron chi connectivity index (χ3n) is 6.09. The standard InChI is InChI=1S/C28H21BrFN5S/c29-20-9-7-19(8-10-20)25-17-36-28(33-25)34-32-14-22-13-24-23-3-1-2-4-26(23)35(27(24)15-31-22)16-18-5-11-21(30)12-6-18/h1-15,17,28,33-34H,16H2/b32-14+. The second kappa shape index (κ2) is 9.79. The van der Waals surface area contributed by atoms with E-state index in [0.29, 0.717) is 6.54 Å². The van der Waals surface area contributed by atoms with Crippen molar-refractivity contribution in [3.8, 4) is 0 Å². The Morgan fingerprint density at radius 1 is 1.03 bits per heavy atom. The van der Waals surface area contributed by atoms with Crippen molar-refractivity contribution in [2.24, 2.45) is 5.10 Å². The fraction of sp³-hybridized carbons (Fsp3) is 0.0714. The predicted octanol–water partition coefficient (Wildman–Crippen LogP) is 6.68. The summed E-state index contributed by atoms with van der Waals surface area (Å²) in [7, 11) is 0. The Kier molecular flexibility index (Phi) is 6.21. The summed E-state index contributed by atoms with van der Waals surface area (Å²) in [5.74, 6) is -0.230. The van der Waals surface area contributed by atoms with Gasteiger partial charge in [0.2, 0.25) is 0 Å². The summed E-state index contributed by atoms with van der Waals surface area (Å²) in [6.07, 6.45) is 3.63. The number of pyridine rings is 1. The van der Waals surface area contributed by atoms with E-state index in [1.165, 1.54) is 12.1 Å². The highest BCUT2D eigenvalue weighted by Gasteiger charge is 2.17. The van der Waals surface area contributed by atoms with Gasteiger partial charge in [0.1, 0.15) is 5.82 Å². The van der Waals surface area contributed by atoms with Crippen molar-refractivity contribution in [2.45, 2.75) is 12.0 Å². The number of thioether (sulfide) groups is 1. The maximum absolute atomic E-state index is 13.4. The second-order valence-electron chi connectivity index (χ2n) is 8.44. The van der Waals surface area contributed by atoms with Gasteiger partial charge in [-0.1, -0.05) is 70.2 Å². The first kappa shape index (κ1) is 22.8. The van der Waals surface area contributed by atoms with Crippen LogP contribution in [0.2, 0.25) is 0 Å². The summed E-state index contributed by atoms with van der Waals surface area (Å²) in [6, 6.07) is 25.2. The molecule has 1 aliphatic heterocycles. The van der Waals surface area contributed by atoms with E-state index in [4.69, 9.17) is 0 Å².